The molecule has 0 aromatic carbocycles. The standard InChI is InChI=1S/C14H23NO2/c1-9(17-10-4-5-10)6-13(16)15-7-11-12(8-15)14(11,2)3/h9-12H,4-8H2,1-3H3/t9-,11?,12?/m1/s1. The third-order valence-corrected chi connectivity index (χ3v) is 4.89. The molecule has 3 aliphatic rings. The molecule has 0 radical (unpaired) electrons. The molecule has 1 aliphatic heterocycles. The smallest absolute Gasteiger partial charge is 0.225 e. The molecule has 3 atom stereocenters. The summed E-state index contributed by atoms with van der Waals surface area (Å²) in [4.78, 5) is 14.1. The Labute approximate surface area is 104 Å². The monoisotopic (exact) mass is 237 g/mol. The number of piperidine rings is 1. The van der Waals surface area contributed by atoms with Gasteiger partial charge < -0.3 is 9.64 Å². The summed E-state index contributed by atoms with van der Waals surface area (Å²) in [6, 6.07) is 0. The molecule has 1 amide bonds. The summed E-state index contributed by atoms with van der Waals surface area (Å²) in [5.41, 5.74) is 0.493. The molecular formula is C14H23NO2. The Balaban J connectivity index is 1.45. The fourth-order valence-electron chi connectivity index (χ4n) is 3.29. The van der Waals surface area contributed by atoms with Gasteiger partial charge in [-0.15, -0.1) is 0 Å². The molecule has 0 aromatic rings. The van der Waals surface area contributed by atoms with Crippen molar-refractivity contribution in [3.05, 3.63) is 0 Å². The van der Waals surface area contributed by atoms with Crippen molar-refractivity contribution in [2.24, 2.45) is 17.3 Å². The molecule has 96 valence electrons. The molecular weight excluding hydrogens is 214 g/mol. The van der Waals surface area contributed by atoms with Crippen LogP contribution < -0.4 is 0 Å². The lowest BCUT2D eigenvalue weighted by atomic mass is 10.1. The zero-order valence-corrected chi connectivity index (χ0v) is 11.1. The maximum Gasteiger partial charge on any atom is 0.225 e. The first-order chi connectivity index (χ1) is 7.98. The van der Waals surface area contributed by atoms with E-state index >= 15 is 0 Å². The van der Waals surface area contributed by atoms with Gasteiger partial charge in [-0.05, 0) is 37.0 Å². The summed E-state index contributed by atoms with van der Waals surface area (Å²) in [7, 11) is 0. The lowest BCUT2D eigenvalue weighted by Gasteiger charge is -2.23. The molecule has 0 spiro atoms. The topological polar surface area (TPSA) is 29.5 Å². The molecule has 0 N–H and O–H groups in total. The molecule has 0 aromatic heterocycles. The Kier molecular flexibility index (Phi) is 2.51. The normalized spacial score (nSPS) is 35.6. The van der Waals surface area contributed by atoms with Gasteiger partial charge in [0, 0.05) is 13.1 Å². The van der Waals surface area contributed by atoms with Crippen LogP contribution in [-0.2, 0) is 9.53 Å². The number of amides is 1. The zero-order chi connectivity index (χ0) is 12.2. The molecule has 3 fully saturated rings. The number of nitrogens with zero attached hydrogens (tertiary/aromatic N) is 1. The minimum atomic E-state index is 0.0972. The lowest BCUT2D eigenvalue weighted by Crippen LogP contribution is -2.35. The minimum Gasteiger partial charge on any atom is -0.375 e. The SMILES string of the molecule is C[C@H](CC(=O)N1CC2C(C1)C2(C)C)OC1CC1. The quantitative estimate of drug-likeness (QED) is 0.749. The van der Waals surface area contributed by atoms with Gasteiger partial charge in [-0.3, -0.25) is 4.79 Å². The van der Waals surface area contributed by atoms with E-state index in [0.29, 0.717) is 23.8 Å². The first kappa shape index (κ1) is 11.5. The number of rotatable bonds is 4. The highest BCUT2D eigenvalue weighted by Gasteiger charge is 2.62. The summed E-state index contributed by atoms with van der Waals surface area (Å²) < 4.78 is 5.72. The van der Waals surface area contributed by atoms with Gasteiger partial charge in [0.1, 0.15) is 0 Å². The number of carbonyl (C=O) groups is 1. The second-order valence-corrected chi connectivity index (χ2v) is 6.68. The highest BCUT2D eigenvalue weighted by atomic mass is 16.5. The molecule has 3 nitrogen and oxygen atoms in total. The van der Waals surface area contributed by atoms with Gasteiger partial charge in [0.15, 0.2) is 0 Å². The number of hydrogen-bond donors (Lipinski definition) is 0. The van der Waals surface area contributed by atoms with Gasteiger partial charge in [-0.2, -0.15) is 0 Å². The first-order valence-corrected chi connectivity index (χ1v) is 6.91. The van der Waals surface area contributed by atoms with Crippen LogP contribution >= 0.6 is 0 Å². The summed E-state index contributed by atoms with van der Waals surface area (Å²) in [5, 5.41) is 0. The molecule has 3 rings (SSSR count). The van der Waals surface area contributed by atoms with Crippen LogP contribution in [0.3, 0.4) is 0 Å². The number of ether oxygens (including phenoxy) is 1. The van der Waals surface area contributed by atoms with Crippen LogP contribution in [0, 0.1) is 17.3 Å². The Morgan fingerprint density at radius 2 is 1.94 bits per heavy atom. The van der Waals surface area contributed by atoms with Crippen molar-refractivity contribution in [2.75, 3.05) is 13.1 Å². The van der Waals surface area contributed by atoms with E-state index in [1.807, 2.05) is 11.8 Å². The van der Waals surface area contributed by atoms with E-state index in [1.165, 1.54) is 12.8 Å². The van der Waals surface area contributed by atoms with Gasteiger partial charge in [-0.25, -0.2) is 0 Å². The van der Waals surface area contributed by atoms with Crippen molar-refractivity contribution >= 4 is 5.91 Å². The maximum absolute atomic E-state index is 12.1. The Morgan fingerprint density at radius 1 is 1.35 bits per heavy atom. The number of carbonyl (C=O) groups excluding carboxylic acids is 1. The first-order valence-electron chi connectivity index (χ1n) is 6.91. The third kappa shape index (κ3) is 2.10. The fourth-order valence-corrected chi connectivity index (χ4v) is 3.29. The molecule has 0 bridgehead atoms. The minimum absolute atomic E-state index is 0.0972. The van der Waals surface area contributed by atoms with Gasteiger partial charge in [0.05, 0.1) is 18.6 Å². The van der Waals surface area contributed by atoms with Gasteiger partial charge >= 0.3 is 0 Å². The average Bonchev–Trinajstić information content (AvgIpc) is 3.06. The van der Waals surface area contributed by atoms with Crippen molar-refractivity contribution in [1.29, 1.82) is 0 Å². The predicted octanol–water partition coefficient (Wildman–Crippen LogP) is 2.06. The van der Waals surface area contributed by atoms with Crippen molar-refractivity contribution in [3.8, 4) is 0 Å². The van der Waals surface area contributed by atoms with Crippen LogP contribution in [0.15, 0.2) is 0 Å². The van der Waals surface area contributed by atoms with Crippen molar-refractivity contribution < 1.29 is 9.53 Å². The molecule has 17 heavy (non-hydrogen) atoms. The second-order valence-electron chi connectivity index (χ2n) is 6.68. The number of fused-ring (bicyclic) bond motifs is 1. The van der Waals surface area contributed by atoms with Crippen LogP contribution in [0.5, 0.6) is 0 Å². The van der Waals surface area contributed by atoms with E-state index in [-0.39, 0.29) is 6.10 Å². The molecule has 2 unspecified atom stereocenters. The Morgan fingerprint density at radius 3 is 2.47 bits per heavy atom. The number of hydrogen-bond acceptors (Lipinski definition) is 2. The molecule has 2 saturated carbocycles. The Bertz CT molecular complexity index is 321. The van der Waals surface area contributed by atoms with E-state index in [9.17, 15) is 4.79 Å². The van der Waals surface area contributed by atoms with Crippen LogP contribution in [0.25, 0.3) is 0 Å². The molecule has 1 heterocycles. The van der Waals surface area contributed by atoms with E-state index in [2.05, 4.69) is 13.8 Å². The summed E-state index contributed by atoms with van der Waals surface area (Å²) in [6.07, 6.45) is 3.47. The van der Waals surface area contributed by atoms with Crippen molar-refractivity contribution in [2.45, 2.75) is 52.2 Å². The number of likely N-dealkylation sites (tertiary alicyclic amines) is 1. The van der Waals surface area contributed by atoms with Crippen molar-refractivity contribution in [3.63, 3.8) is 0 Å². The fraction of sp³-hybridized carbons (Fsp3) is 0.929. The lowest BCUT2D eigenvalue weighted by molar-refractivity contribution is -0.133. The maximum atomic E-state index is 12.1. The Hall–Kier alpha value is -0.570. The summed E-state index contributed by atoms with van der Waals surface area (Å²) in [6.45, 7) is 8.63. The van der Waals surface area contributed by atoms with Crippen LogP contribution in [0.4, 0.5) is 0 Å². The van der Waals surface area contributed by atoms with E-state index in [1.54, 1.807) is 0 Å². The van der Waals surface area contributed by atoms with Gasteiger partial charge in [0.25, 0.3) is 0 Å². The van der Waals surface area contributed by atoms with E-state index < -0.39 is 0 Å². The van der Waals surface area contributed by atoms with E-state index in [4.69, 9.17) is 4.74 Å². The van der Waals surface area contributed by atoms with Crippen LogP contribution in [-0.4, -0.2) is 36.1 Å². The van der Waals surface area contributed by atoms with Crippen LogP contribution in [0.1, 0.15) is 40.0 Å². The molecule has 3 heteroatoms. The zero-order valence-electron chi connectivity index (χ0n) is 11.1. The molecule has 1 saturated heterocycles. The summed E-state index contributed by atoms with van der Waals surface area (Å²) >= 11 is 0. The third-order valence-electron chi connectivity index (χ3n) is 4.89. The highest BCUT2D eigenvalue weighted by molar-refractivity contribution is 5.77. The van der Waals surface area contributed by atoms with Crippen LogP contribution in [0.2, 0.25) is 0 Å². The molecule has 2 aliphatic carbocycles. The van der Waals surface area contributed by atoms with Gasteiger partial charge in [0.2, 0.25) is 5.91 Å². The van der Waals surface area contributed by atoms with Crippen molar-refractivity contribution in [1.82, 2.24) is 4.90 Å². The summed E-state index contributed by atoms with van der Waals surface area (Å²) in [5.74, 6) is 1.80. The highest BCUT2D eigenvalue weighted by Crippen LogP contribution is 2.61. The van der Waals surface area contributed by atoms with E-state index in [0.717, 1.165) is 24.9 Å². The average molecular weight is 237 g/mol. The van der Waals surface area contributed by atoms with Gasteiger partial charge in [-0.1, -0.05) is 13.8 Å². The largest absolute Gasteiger partial charge is 0.375 e. The second kappa shape index (κ2) is 3.71. The predicted molar refractivity (Wildman–Crippen MR) is 65.5 cm³/mol.